The number of likely N-dealkylation sites (tertiary alicyclic amines) is 1. The molecule has 3 aromatic rings. The third-order valence-corrected chi connectivity index (χ3v) is 5.93. The Morgan fingerprint density at radius 2 is 2.00 bits per heavy atom. The van der Waals surface area contributed by atoms with Crippen molar-refractivity contribution in [3.8, 4) is 5.82 Å². The molecule has 5 rings (SSSR count). The zero-order valence-corrected chi connectivity index (χ0v) is 17.3. The lowest BCUT2D eigenvalue weighted by Gasteiger charge is -2.30. The van der Waals surface area contributed by atoms with Gasteiger partial charge in [0.1, 0.15) is 19.3 Å². The fraction of sp³-hybridized carbons (Fsp3) is 0.450. The van der Waals surface area contributed by atoms with Crippen LogP contribution in [0.4, 0.5) is 0 Å². The number of hydrogen-bond donors (Lipinski definition) is 0. The summed E-state index contributed by atoms with van der Waals surface area (Å²) in [4.78, 5) is 23.0. The minimum Gasteiger partial charge on any atom is -0.456 e. The van der Waals surface area contributed by atoms with Crippen LogP contribution in [0.25, 0.3) is 11.5 Å². The van der Waals surface area contributed by atoms with Gasteiger partial charge in [-0.2, -0.15) is 9.78 Å². The first-order valence-corrected chi connectivity index (χ1v) is 10.4. The number of piperidine rings is 1. The second-order valence-corrected chi connectivity index (χ2v) is 7.84. The van der Waals surface area contributed by atoms with Crippen LogP contribution >= 0.6 is 0 Å². The molecule has 0 aliphatic carbocycles. The first kappa shape index (κ1) is 19.5. The fourth-order valence-electron chi connectivity index (χ4n) is 3.97. The maximum atomic E-state index is 11.6. The lowest BCUT2D eigenvalue weighted by atomic mass is 9.96. The smallest absolute Gasteiger partial charge is 0.336 e. The number of rotatable bonds is 6. The molecule has 0 unspecified atom stereocenters. The molecule has 11 nitrogen and oxygen atoms in total. The molecule has 0 aromatic carbocycles. The van der Waals surface area contributed by atoms with E-state index >= 15 is 0 Å². The highest BCUT2D eigenvalue weighted by Gasteiger charge is 2.26. The highest BCUT2D eigenvalue weighted by atomic mass is 16.5. The van der Waals surface area contributed by atoms with Crippen LogP contribution in [0.2, 0.25) is 0 Å². The molecule has 2 aliphatic heterocycles. The number of carbonyl (C=O) groups excluding carboxylic acids is 1. The van der Waals surface area contributed by atoms with Crippen molar-refractivity contribution >= 4 is 11.7 Å². The van der Waals surface area contributed by atoms with E-state index in [0.29, 0.717) is 17.3 Å². The number of nitrogens with zero attached hydrogens (tertiary/aromatic N) is 9. The Kier molecular flexibility index (Phi) is 5.24. The average molecular weight is 421 g/mol. The molecule has 0 radical (unpaired) electrons. The van der Waals surface area contributed by atoms with Crippen LogP contribution in [0.1, 0.15) is 37.1 Å². The predicted molar refractivity (Wildman–Crippen MR) is 109 cm³/mol. The molecule has 5 heterocycles. The standard InChI is InChI=1S/C20H23N9O2/c1-14-17(11-31-20(14)30)28-12-22-19(24-28)16-5-8-27(9-6-16)7-4-15-2-3-18(21-10-15)29-13-23-25-26-29/h2-3,10,12-13,16H,4-9,11H2,1H3. The summed E-state index contributed by atoms with van der Waals surface area (Å²) in [6.07, 6.45) is 8.09. The average Bonchev–Trinajstić information content (AvgIpc) is 3.56. The zero-order valence-electron chi connectivity index (χ0n) is 17.3. The topological polar surface area (TPSA) is 117 Å². The van der Waals surface area contributed by atoms with E-state index in [1.165, 1.54) is 11.9 Å². The Morgan fingerprint density at radius 1 is 1.13 bits per heavy atom. The van der Waals surface area contributed by atoms with E-state index in [1.807, 2.05) is 12.3 Å². The van der Waals surface area contributed by atoms with Crippen LogP contribution in [0.3, 0.4) is 0 Å². The Morgan fingerprint density at radius 3 is 2.68 bits per heavy atom. The van der Waals surface area contributed by atoms with E-state index in [-0.39, 0.29) is 12.6 Å². The van der Waals surface area contributed by atoms with Crippen molar-refractivity contribution in [1.29, 1.82) is 0 Å². The predicted octanol–water partition coefficient (Wildman–Crippen LogP) is 0.859. The number of pyridine rings is 1. The summed E-state index contributed by atoms with van der Waals surface area (Å²) in [7, 11) is 0. The lowest BCUT2D eigenvalue weighted by Crippen LogP contribution is -2.34. The van der Waals surface area contributed by atoms with E-state index < -0.39 is 0 Å². The SMILES string of the molecule is CC1=C(n2cnc(C3CCN(CCc4ccc(-n5cnnn5)nc4)CC3)n2)COC1=O. The van der Waals surface area contributed by atoms with Crippen molar-refractivity contribution in [3.05, 3.63) is 47.9 Å². The minimum atomic E-state index is -0.277. The molecule has 1 fully saturated rings. The van der Waals surface area contributed by atoms with E-state index in [2.05, 4.69) is 41.6 Å². The molecule has 0 atom stereocenters. The summed E-state index contributed by atoms with van der Waals surface area (Å²) in [6, 6.07) is 4.00. The monoisotopic (exact) mass is 421 g/mol. The van der Waals surface area contributed by atoms with E-state index in [0.717, 1.165) is 50.4 Å². The number of aromatic nitrogens is 8. The normalized spacial score (nSPS) is 18.0. The lowest BCUT2D eigenvalue weighted by molar-refractivity contribution is -0.135. The summed E-state index contributed by atoms with van der Waals surface area (Å²) in [5, 5.41) is 15.7. The van der Waals surface area contributed by atoms with Crippen LogP contribution in [-0.2, 0) is 16.0 Å². The summed E-state index contributed by atoms with van der Waals surface area (Å²) >= 11 is 0. The fourth-order valence-corrected chi connectivity index (χ4v) is 3.97. The van der Waals surface area contributed by atoms with Crippen molar-refractivity contribution in [2.75, 3.05) is 26.2 Å². The van der Waals surface area contributed by atoms with Gasteiger partial charge in [-0.15, -0.1) is 5.10 Å². The molecule has 0 amide bonds. The van der Waals surface area contributed by atoms with Gasteiger partial charge in [0.2, 0.25) is 0 Å². The van der Waals surface area contributed by atoms with Crippen molar-refractivity contribution < 1.29 is 9.53 Å². The van der Waals surface area contributed by atoms with Gasteiger partial charge < -0.3 is 9.64 Å². The zero-order chi connectivity index (χ0) is 21.2. The molecular formula is C20H23N9O2. The van der Waals surface area contributed by atoms with Crippen LogP contribution in [-0.4, -0.2) is 77.1 Å². The van der Waals surface area contributed by atoms with Gasteiger partial charge in [-0.05, 0) is 61.3 Å². The van der Waals surface area contributed by atoms with Gasteiger partial charge in [0, 0.05) is 18.7 Å². The molecule has 0 spiro atoms. The van der Waals surface area contributed by atoms with Crippen LogP contribution < -0.4 is 0 Å². The Hall–Kier alpha value is -3.47. The van der Waals surface area contributed by atoms with Crippen LogP contribution in [0.15, 0.2) is 36.6 Å². The summed E-state index contributed by atoms with van der Waals surface area (Å²) in [6.45, 7) is 5.04. The quantitative estimate of drug-likeness (QED) is 0.534. The summed E-state index contributed by atoms with van der Waals surface area (Å²) in [5.41, 5.74) is 2.57. The minimum absolute atomic E-state index is 0.261. The molecule has 0 bridgehead atoms. The first-order chi connectivity index (χ1) is 15.2. The second-order valence-electron chi connectivity index (χ2n) is 7.84. The Labute approximate surface area is 178 Å². The van der Waals surface area contributed by atoms with Crippen molar-refractivity contribution in [3.63, 3.8) is 0 Å². The number of ether oxygens (including phenoxy) is 1. The molecule has 11 heteroatoms. The molecule has 0 saturated carbocycles. The molecule has 0 N–H and O–H groups in total. The van der Waals surface area contributed by atoms with Gasteiger partial charge in [-0.25, -0.2) is 19.4 Å². The largest absolute Gasteiger partial charge is 0.456 e. The highest BCUT2D eigenvalue weighted by molar-refractivity contribution is 5.97. The van der Waals surface area contributed by atoms with Gasteiger partial charge in [0.25, 0.3) is 0 Å². The molecule has 160 valence electrons. The second kappa shape index (κ2) is 8.34. The summed E-state index contributed by atoms with van der Waals surface area (Å²) < 4.78 is 8.30. The number of hydrogen-bond acceptors (Lipinski definition) is 9. The number of carbonyl (C=O) groups is 1. The van der Waals surface area contributed by atoms with E-state index in [9.17, 15) is 4.79 Å². The highest BCUT2D eigenvalue weighted by Crippen LogP contribution is 2.27. The number of cyclic esters (lactones) is 1. The van der Waals surface area contributed by atoms with Gasteiger partial charge >= 0.3 is 5.97 Å². The molecule has 2 aliphatic rings. The molecule has 3 aromatic heterocycles. The number of tetrazole rings is 1. The van der Waals surface area contributed by atoms with Crippen molar-refractivity contribution in [2.45, 2.75) is 32.1 Å². The van der Waals surface area contributed by atoms with Crippen molar-refractivity contribution in [2.24, 2.45) is 0 Å². The molecule has 31 heavy (non-hydrogen) atoms. The molecular weight excluding hydrogens is 398 g/mol. The summed E-state index contributed by atoms with van der Waals surface area (Å²) in [5.74, 6) is 1.62. The van der Waals surface area contributed by atoms with Gasteiger partial charge in [0.05, 0.1) is 11.3 Å². The Bertz CT molecular complexity index is 1080. The van der Waals surface area contributed by atoms with Gasteiger partial charge in [0.15, 0.2) is 11.6 Å². The van der Waals surface area contributed by atoms with E-state index in [1.54, 1.807) is 22.6 Å². The van der Waals surface area contributed by atoms with E-state index in [4.69, 9.17) is 4.74 Å². The third kappa shape index (κ3) is 4.08. The third-order valence-electron chi connectivity index (χ3n) is 5.93. The van der Waals surface area contributed by atoms with Crippen molar-refractivity contribution in [1.82, 2.24) is 44.9 Å². The molecule has 1 saturated heterocycles. The van der Waals surface area contributed by atoms with Crippen LogP contribution in [0.5, 0.6) is 0 Å². The Balaban J connectivity index is 1.12. The van der Waals surface area contributed by atoms with Gasteiger partial charge in [-0.1, -0.05) is 6.07 Å². The van der Waals surface area contributed by atoms with Gasteiger partial charge in [-0.3, -0.25) is 0 Å². The first-order valence-electron chi connectivity index (χ1n) is 10.4. The maximum Gasteiger partial charge on any atom is 0.336 e. The van der Waals surface area contributed by atoms with Crippen LogP contribution in [0, 0.1) is 0 Å². The maximum absolute atomic E-state index is 11.6. The number of esters is 1.